The Labute approximate surface area is 115 Å². The summed E-state index contributed by atoms with van der Waals surface area (Å²) in [6.45, 7) is 12.5. The second-order valence-corrected chi connectivity index (χ2v) is 9.70. The second kappa shape index (κ2) is 4.76. The summed E-state index contributed by atoms with van der Waals surface area (Å²) >= 11 is 5.76. The number of rotatable bonds is 1. The number of hydrogen-bond donors (Lipinski definition) is 2. The van der Waals surface area contributed by atoms with Gasteiger partial charge >= 0.3 is 7.07 Å². The van der Waals surface area contributed by atoms with Gasteiger partial charge in [-0.1, -0.05) is 53.7 Å². The average Bonchev–Trinajstić information content (AvgIpc) is 2.12. The van der Waals surface area contributed by atoms with E-state index in [9.17, 15) is 9.79 Å². The van der Waals surface area contributed by atoms with Gasteiger partial charge < -0.3 is 0 Å². The molecule has 0 spiro atoms. The van der Waals surface area contributed by atoms with E-state index >= 15 is 0 Å². The average molecular weight is 290 g/mol. The maximum absolute atomic E-state index is 9.76. The number of halogens is 1. The highest BCUT2D eigenvalue weighted by molar-refractivity contribution is 7.96. The molecule has 0 aliphatic rings. The highest BCUT2D eigenvalue weighted by Gasteiger charge is 2.40. The van der Waals surface area contributed by atoms with Crippen LogP contribution in [0.3, 0.4) is 0 Å². The van der Waals surface area contributed by atoms with E-state index in [-0.39, 0.29) is 10.8 Å². The molecule has 0 saturated carbocycles. The van der Waals surface area contributed by atoms with Crippen LogP contribution in [0.5, 0.6) is 0 Å². The van der Waals surface area contributed by atoms with Crippen LogP contribution in [-0.4, -0.2) is 9.79 Å². The fourth-order valence-electron chi connectivity index (χ4n) is 1.85. The lowest BCUT2D eigenvalue weighted by molar-refractivity contribution is 0.484. The molecule has 0 atom stereocenters. The standard InChI is InChI=1S/C14H23ClO2P/c1-13(2,3)10-7-8-12(18(15,16)17)11(9-10)14(4,5)6/h7-9,16-17H,1-6H3/q+1. The van der Waals surface area contributed by atoms with E-state index in [0.29, 0.717) is 5.30 Å². The molecule has 0 aliphatic carbocycles. The Morgan fingerprint density at radius 3 is 1.78 bits per heavy atom. The number of benzene rings is 1. The predicted octanol–water partition coefficient (Wildman–Crippen LogP) is 3.89. The molecule has 2 nitrogen and oxygen atoms in total. The summed E-state index contributed by atoms with van der Waals surface area (Å²) in [5.74, 6) is 0. The first-order valence-electron chi connectivity index (χ1n) is 6.03. The lowest BCUT2D eigenvalue weighted by Crippen LogP contribution is -2.25. The largest absolute Gasteiger partial charge is 0.400 e. The van der Waals surface area contributed by atoms with Crippen LogP contribution in [0, 0.1) is 0 Å². The van der Waals surface area contributed by atoms with Crippen molar-refractivity contribution in [3.8, 4) is 0 Å². The van der Waals surface area contributed by atoms with E-state index in [1.54, 1.807) is 6.07 Å². The van der Waals surface area contributed by atoms with Crippen LogP contribution in [0.2, 0.25) is 0 Å². The van der Waals surface area contributed by atoms with Crippen molar-refractivity contribution >= 4 is 23.6 Å². The van der Waals surface area contributed by atoms with E-state index in [4.69, 9.17) is 11.2 Å². The molecule has 0 heterocycles. The fourth-order valence-corrected chi connectivity index (χ4v) is 3.26. The SMILES string of the molecule is CC(C)(C)c1ccc([P+](O)(O)Cl)c(C(C)(C)C)c1. The van der Waals surface area contributed by atoms with Gasteiger partial charge in [-0.3, -0.25) is 0 Å². The van der Waals surface area contributed by atoms with Crippen molar-refractivity contribution in [2.45, 2.75) is 52.4 Å². The highest BCUT2D eigenvalue weighted by Crippen LogP contribution is 2.56. The van der Waals surface area contributed by atoms with Crippen LogP contribution in [0.15, 0.2) is 18.2 Å². The van der Waals surface area contributed by atoms with Gasteiger partial charge in [0.2, 0.25) is 0 Å². The van der Waals surface area contributed by atoms with Gasteiger partial charge in [0.1, 0.15) is 0 Å². The van der Waals surface area contributed by atoms with Crippen molar-refractivity contribution in [3.63, 3.8) is 0 Å². The molecule has 1 aromatic carbocycles. The van der Waals surface area contributed by atoms with Crippen molar-refractivity contribution in [3.05, 3.63) is 29.3 Å². The molecule has 0 radical (unpaired) electrons. The summed E-state index contributed by atoms with van der Waals surface area (Å²) in [7, 11) is -3.50. The topological polar surface area (TPSA) is 40.5 Å². The normalized spacial score (nSPS) is 13.8. The van der Waals surface area contributed by atoms with Gasteiger partial charge in [0.05, 0.1) is 0 Å². The summed E-state index contributed by atoms with van der Waals surface area (Å²) in [5.41, 5.74) is 1.92. The van der Waals surface area contributed by atoms with E-state index in [0.717, 1.165) is 5.56 Å². The molecule has 18 heavy (non-hydrogen) atoms. The van der Waals surface area contributed by atoms with E-state index < -0.39 is 7.07 Å². The molecule has 1 rings (SSSR count). The first-order chi connectivity index (χ1) is 7.83. The summed E-state index contributed by atoms with van der Waals surface area (Å²) in [6.07, 6.45) is 0. The van der Waals surface area contributed by atoms with Gasteiger partial charge in [0.25, 0.3) is 0 Å². The van der Waals surface area contributed by atoms with Gasteiger partial charge in [-0.05, 0) is 22.5 Å². The highest BCUT2D eigenvalue weighted by atomic mass is 35.7. The van der Waals surface area contributed by atoms with Crippen LogP contribution >= 0.6 is 18.3 Å². The zero-order chi connectivity index (χ0) is 14.4. The monoisotopic (exact) mass is 289 g/mol. The minimum atomic E-state index is -3.50. The molecular weight excluding hydrogens is 267 g/mol. The maximum atomic E-state index is 9.76. The Morgan fingerprint density at radius 1 is 0.944 bits per heavy atom. The van der Waals surface area contributed by atoms with Gasteiger partial charge in [-0.15, -0.1) is 0 Å². The molecule has 0 unspecified atom stereocenters. The summed E-state index contributed by atoms with van der Waals surface area (Å²) in [6, 6.07) is 5.72. The predicted molar refractivity (Wildman–Crippen MR) is 80.7 cm³/mol. The zero-order valence-electron chi connectivity index (χ0n) is 12.0. The van der Waals surface area contributed by atoms with Crippen LogP contribution in [0.25, 0.3) is 0 Å². The van der Waals surface area contributed by atoms with Crippen molar-refractivity contribution in [1.82, 2.24) is 0 Å². The lowest BCUT2D eigenvalue weighted by Gasteiger charge is -2.26. The molecule has 0 bridgehead atoms. The van der Waals surface area contributed by atoms with E-state index in [2.05, 4.69) is 20.8 Å². The van der Waals surface area contributed by atoms with Crippen LogP contribution in [-0.2, 0) is 10.8 Å². The molecule has 4 heteroatoms. The van der Waals surface area contributed by atoms with Gasteiger partial charge in [0.15, 0.2) is 16.5 Å². The van der Waals surface area contributed by atoms with Crippen LogP contribution in [0.4, 0.5) is 0 Å². The van der Waals surface area contributed by atoms with E-state index in [1.165, 1.54) is 5.56 Å². The maximum Gasteiger partial charge on any atom is 0.400 e. The minimum absolute atomic E-state index is 0.0247. The Morgan fingerprint density at radius 2 is 1.44 bits per heavy atom. The molecule has 1 aromatic rings. The Hall–Kier alpha value is -0.140. The summed E-state index contributed by atoms with van der Waals surface area (Å²) in [4.78, 5) is 19.5. The van der Waals surface area contributed by atoms with Crippen molar-refractivity contribution in [1.29, 1.82) is 0 Å². The van der Waals surface area contributed by atoms with Gasteiger partial charge in [-0.2, -0.15) is 9.79 Å². The van der Waals surface area contributed by atoms with Gasteiger partial charge in [-0.25, -0.2) is 0 Å². The molecule has 0 amide bonds. The fraction of sp³-hybridized carbons (Fsp3) is 0.571. The Balaban J connectivity index is 3.50. The smallest absolute Gasteiger partial charge is 0.198 e. The molecule has 102 valence electrons. The third-order valence-corrected chi connectivity index (χ3v) is 4.53. The minimum Gasteiger partial charge on any atom is -0.198 e. The second-order valence-electron chi connectivity index (χ2n) is 6.76. The molecule has 0 aromatic heterocycles. The molecule has 0 aliphatic heterocycles. The van der Waals surface area contributed by atoms with Crippen LogP contribution in [0.1, 0.15) is 52.7 Å². The molecule has 2 N–H and O–H groups in total. The molecule has 0 saturated heterocycles. The van der Waals surface area contributed by atoms with E-state index in [1.807, 2.05) is 32.9 Å². The number of hydrogen-bond acceptors (Lipinski definition) is 2. The quantitative estimate of drug-likeness (QED) is 0.770. The van der Waals surface area contributed by atoms with Gasteiger partial charge in [0, 0.05) is 5.56 Å². The summed E-state index contributed by atoms with van der Waals surface area (Å²) < 4.78 is 0. The van der Waals surface area contributed by atoms with Crippen LogP contribution < -0.4 is 5.30 Å². The van der Waals surface area contributed by atoms with Crippen molar-refractivity contribution in [2.24, 2.45) is 0 Å². The Bertz CT molecular complexity index is 437. The Kier molecular flexibility index (Phi) is 4.21. The van der Waals surface area contributed by atoms with Crippen molar-refractivity contribution < 1.29 is 9.79 Å². The first kappa shape index (κ1) is 15.9. The third kappa shape index (κ3) is 3.68. The lowest BCUT2D eigenvalue weighted by atomic mass is 9.81. The summed E-state index contributed by atoms with van der Waals surface area (Å²) in [5, 5.41) is 0.463. The third-order valence-electron chi connectivity index (χ3n) is 2.98. The first-order valence-corrected chi connectivity index (χ1v) is 8.63. The van der Waals surface area contributed by atoms with Crippen molar-refractivity contribution in [2.75, 3.05) is 0 Å². The molecule has 0 fully saturated rings. The molecular formula is C14H23ClO2P+. The zero-order valence-corrected chi connectivity index (χ0v) is 13.6.